The van der Waals surface area contributed by atoms with Gasteiger partial charge in [-0.25, -0.2) is 17.9 Å². The van der Waals surface area contributed by atoms with Gasteiger partial charge in [-0.1, -0.05) is 12.2 Å². The molecule has 0 spiro atoms. The number of rotatable bonds is 5. The third-order valence-corrected chi connectivity index (χ3v) is 4.93. The minimum absolute atomic E-state index is 0.209. The lowest BCUT2D eigenvalue weighted by Crippen LogP contribution is -2.31. The van der Waals surface area contributed by atoms with Gasteiger partial charge in [0.25, 0.3) is 0 Å². The molecule has 0 bridgehead atoms. The number of benzene rings is 1. The number of carboxylic acids is 1. The summed E-state index contributed by atoms with van der Waals surface area (Å²) in [6.07, 6.45) is 6.79. The minimum Gasteiger partial charge on any atom is -0.478 e. The Balaban J connectivity index is 2.20. The van der Waals surface area contributed by atoms with Crippen molar-refractivity contribution >= 4 is 21.7 Å². The largest absolute Gasteiger partial charge is 0.478 e. The average Bonchev–Trinajstić information content (AvgIpc) is 2.46. The molecule has 7 heteroatoms. The van der Waals surface area contributed by atoms with Crippen molar-refractivity contribution in [1.29, 1.82) is 0 Å². The standard InChI is InChI=1S/C14H18N2O4S/c15-11-6-7-12(14(17)18)13(8-11)21(19,20)16-9-10-4-2-1-3-5-10/h1-2,6-8,10,16H,3-5,9,15H2,(H,17,18). The van der Waals surface area contributed by atoms with Crippen LogP contribution in [0.3, 0.4) is 0 Å². The Bertz CT molecular complexity index is 668. The number of anilines is 1. The lowest BCUT2D eigenvalue weighted by molar-refractivity contribution is 0.0692. The zero-order chi connectivity index (χ0) is 15.5. The van der Waals surface area contributed by atoms with Crippen molar-refractivity contribution in [2.24, 2.45) is 5.92 Å². The van der Waals surface area contributed by atoms with Crippen molar-refractivity contribution in [2.75, 3.05) is 12.3 Å². The fourth-order valence-corrected chi connectivity index (χ4v) is 3.63. The topological polar surface area (TPSA) is 109 Å². The predicted octanol–water partition coefficient (Wildman–Crippen LogP) is 1.60. The normalized spacial score (nSPS) is 18.6. The highest BCUT2D eigenvalue weighted by Crippen LogP contribution is 2.21. The molecule has 21 heavy (non-hydrogen) atoms. The molecule has 6 nitrogen and oxygen atoms in total. The maximum absolute atomic E-state index is 12.3. The summed E-state index contributed by atoms with van der Waals surface area (Å²) in [4.78, 5) is 10.9. The molecule has 0 amide bonds. The molecule has 0 aromatic heterocycles. The number of sulfonamides is 1. The van der Waals surface area contributed by atoms with E-state index in [1.54, 1.807) is 0 Å². The van der Waals surface area contributed by atoms with E-state index >= 15 is 0 Å². The van der Waals surface area contributed by atoms with E-state index in [2.05, 4.69) is 10.8 Å². The Labute approximate surface area is 123 Å². The summed E-state index contributed by atoms with van der Waals surface area (Å²) in [6, 6.07) is 3.75. The van der Waals surface area contributed by atoms with Gasteiger partial charge in [0.1, 0.15) is 0 Å². The number of carboxylic acid groups (broad SMARTS) is 1. The van der Waals surface area contributed by atoms with Crippen LogP contribution in [0.25, 0.3) is 0 Å². The number of nitrogen functional groups attached to an aromatic ring is 1. The zero-order valence-electron chi connectivity index (χ0n) is 11.5. The van der Waals surface area contributed by atoms with E-state index in [-0.39, 0.29) is 22.1 Å². The number of nitrogens with one attached hydrogen (secondary N) is 1. The van der Waals surface area contributed by atoms with Crippen LogP contribution in [0.5, 0.6) is 0 Å². The molecule has 0 heterocycles. The van der Waals surface area contributed by atoms with Crippen LogP contribution in [0, 0.1) is 5.92 Å². The highest BCUT2D eigenvalue weighted by molar-refractivity contribution is 7.89. The van der Waals surface area contributed by atoms with E-state index in [0.717, 1.165) is 19.3 Å². The quantitative estimate of drug-likeness (QED) is 0.565. The highest BCUT2D eigenvalue weighted by Gasteiger charge is 2.23. The molecule has 0 fully saturated rings. The molecule has 1 aromatic rings. The van der Waals surface area contributed by atoms with E-state index in [0.29, 0.717) is 6.54 Å². The number of nitrogens with two attached hydrogens (primary N) is 1. The van der Waals surface area contributed by atoms with Crippen LogP contribution in [0.4, 0.5) is 5.69 Å². The first-order valence-corrected chi connectivity index (χ1v) is 8.16. The third-order valence-electron chi connectivity index (χ3n) is 3.47. The first-order chi connectivity index (χ1) is 9.90. The first-order valence-electron chi connectivity index (χ1n) is 6.67. The molecule has 2 rings (SSSR count). The van der Waals surface area contributed by atoms with Gasteiger partial charge in [0.15, 0.2) is 0 Å². The van der Waals surface area contributed by atoms with Gasteiger partial charge in [-0.2, -0.15) is 0 Å². The fourth-order valence-electron chi connectivity index (χ4n) is 2.28. The summed E-state index contributed by atoms with van der Waals surface area (Å²) in [5.41, 5.74) is 5.50. The van der Waals surface area contributed by atoms with Crippen molar-refractivity contribution in [3.8, 4) is 0 Å². The molecule has 1 aromatic carbocycles. The number of aromatic carboxylic acids is 1. The molecule has 1 atom stereocenters. The molecular formula is C14H18N2O4S. The summed E-state index contributed by atoms with van der Waals surface area (Å²) in [5, 5.41) is 9.09. The second-order valence-electron chi connectivity index (χ2n) is 5.06. The molecule has 4 N–H and O–H groups in total. The monoisotopic (exact) mass is 310 g/mol. The molecule has 0 aliphatic heterocycles. The molecule has 1 unspecified atom stereocenters. The molecule has 0 saturated heterocycles. The van der Waals surface area contributed by atoms with Gasteiger partial charge in [0.2, 0.25) is 10.0 Å². The second kappa shape index (κ2) is 6.28. The highest BCUT2D eigenvalue weighted by atomic mass is 32.2. The Hall–Kier alpha value is -1.86. The van der Waals surface area contributed by atoms with Gasteiger partial charge in [-0.05, 0) is 43.4 Å². The number of carbonyl (C=O) groups is 1. The molecule has 1 aliphatic carbocycles. The minimum atomic E-state index is -3.89. The lowest BCUT2D eigenvalue weighted by Gasteiger charge is -2.18. The second-order valence-corrected chi connectivity index (χ2v) is 6.80. The van der Waals surface area contributed by atoms with Gasteiger partial charge in [0.05, 0.1) is 10.5 Å². The van der Waals surface area contributed by atoms with Crippen LogP contribution in [-0.4, -0.2) is 26.0 Å². The van der Waals surface area contributed by atoms with Crippen molar-refractivity contribution in [3.05, 3.63) is 35.9 Å². The van der Waals surface area contributed by atoms with Gasteiger partial charge in [0, 0.05) is 12.2 Å². The van der Waals surface area contributed by atoms with Gasteiger partial charge in [-0.3, -0.25) is 0 Å². The van der Waals surface area contributed by atoms with Gasteiger partial charge >= 0.3 is 5.97 Å². The summed E-state index contributed by atoms with van der Waals surface area (Å²) < 4.78 is 27.1. The van der Waals surface area contributed by atoms with E-state index in [4.69, 9.17) is 10.8 Å². The Morgan fingerprint density at radius 3 is 2.76 bits per heavy atom. The Morgan fingerprint density at radius 2 is 2.14 bits per heavy atom. The Kier molecular flexibility index (Phi) is 4.64. The maximum atomic E-state index is 12.3. The summed E-state index contributed by atoms with van der Waals surface area (Å²) >= 11 is 0. The van der Waals surface area contributed by atoms with Crippen LogP contribution < -0.4 is 10.5 Å². The molecule has 1 aliphatic rings. The third kappa shape index (κ3) is 3.83. The number of hydrogen-bond acceptors (Lipinski definition) is 4. The predicted molar refractivity (Wildman–Crippen MR) is 79.5 cm³/mol. The van der Waals surface area contributed by atoms with Crippen LogP contribution in [0.1, 0.15) is 29.6 Å². The van der Waals surface area contributed by atoms with Crippen molar-refractivity contribution in [1.82, 2.24) is 4.72 Å². The van der Waals surface area contributed by atoms with Crippen molar-refractivity contribution in [3.63, 3.8) is 0 Å². The summed E-state index contributed by atoms with van der Waals surface area (Å²) in [7, 11) is -3.89. The van der Waals surface area contributed by atoms with Crippen LogP contribution >= 0.6 is 0 Å². The molecule has 114 valence electrons. The lowest BCUT2D eigenvalue weighted by atomic mass is 9.95. The van der Waals surface area contributed by atoms with Crippen LogP contribution in [-0.2, 0) is 10.0 Å². The summed E-state index contributed by atoms with van der Waals surface area (Å²) in [6.45, 7) is 0.292. The molecular weight excluding hydrogens is 292 g/mol. The summed E-state index contributed by atoms with van der Waals surface area (Å²) in [5.74, 6) is -1.06. The van der Waals surface area contributed by atoms with Gasteiger partial charge in [-0.15, -0.1) is 0 Å². The fraction of sp³-hybridized carbons (Fsp3) is 0.357. The van der Waals surface area contributed by atoms with Gasteiger partial charge < -0.3 is 10.8 Å². The molecule has 0 radical (unpaired) electrons. The van der Waals surface area contributed by atoms with E-state index in [1.807, 2.05) is 6.08 Å². The average molecular weight is 310 g/mol. The van der Waals surface area contributed by atoms with Crippen molar-refractivity contribution < 1.29 is 18.3 Å². The van der Waals surface area contributed by atoms with Crippen LogP contribution in [0.2, 0.25) is 0 Å². The van der Waals surface area contributed by atoms with E-state index in [9.17, 15) is 13.2 Å². The Morgan fingerprint density at radius 1 is 1.38 bits per heavy atom. The SMILES string of the molecule is Nc1ccc(C(=O)O)c(S(=O)(=O)NCC2CC=CCC2)c1. The maximum Gasteiger partial charge on any atom is 0.337 e. The van der Waals surface area contributed by atoms with E-state index in [1.165, 1.54) is 18.2 Å². The molecule has 0 saturated carbocycles. The zero-order valence-corrected chi connectivity index (χ0v) is 12.3. The smallest absolute Gasteiger partial charge is 0.337 e. The van der Waals surface area contributed by atoms with E-state index < -0.39 is 16.0 Å². The number of hydrogen-bond donors (Lipinski definition) is 3. The van der Waals surface area contributed by atoms with Crippen molar-refractivity contribution in [2.45, 2.75) is 24.2 Å². The van der Waals surface area contributed by atoms with Crippen LogP contribution in [0.15, 0.2) is 35.2 Å². The first kappa shape index (κ1) is 15.5. The number of allylic oxidation sites excluding steroid dienone is 2.